The van der Waals surface area contributed by atoms with Crippen molar-refractivity contribution in [3.05, 3.63) is 6.20 Å². The number of rotatable bonds is 2. The zero-order chi connectivity index (χ0) is 10.8. The number of primary amides is 1. The SMILES string of the molecule is NC(=O)N[S+]([O-])c1cnn2c1OCCC2. The average molecular weight is 230 g/mol. The van der Waals surface area contributed by atoms with Gasteiger partial charge in [-0.2, -0.15) is 5.10 Å². The molecule has 1 aliphatic heterocycles. The van der Waals surface area contributed by atoms with Crippen LogP contribution in [0, 0.1) is 0 Å². The Balaban J connectivity index is 2.20. The first-order valence-electron chi connectivity index (χ1n) is 4.35. The number of carbonyl (C=O) groups excluding carboxylic acids is 1. The molecule has 1 aromatic rings. The van der Waals surface area contributed by atoms with Crippen molar-refractivity contribution in [2.45, 2.75) is 17.9 Å². The van der Waals surface area contributed by atoms with Crippen LogP contribution in [0.2, 0.25) is 0 Å². The Labute approximate surface area is 88.9 Å². The van der Waals surface area contributed by atoms with Crippen molar-refractivity contribution < 1.29 is 14.1 Å². The van der Waals surface area contributed by atoms with E-state index in [1.807, 2.05) is 0 Å². The lowest BCUT2D eigenvalue weighted by Gasteiger charge is -2.15. The summed E-state index contributed by atoms with van der Waals surface area (Å²) < 4.78 is 20.6. The first-order chi connectivity index (χ1) is 7.18. The second-order valence-electron chi connectivity index (χ2n) is 2.97. The Morgan fingerprint density at radius 1 is 1.80 bits per heavy atom. The largest absolute Gasteiger partial charge is 0.588 e. The number of nitrogens with two attached hydrogens (primary N) is 1. The Hall–Kier alpha value is -1.41. The van der Waals surface area contributed by atoms with Crippen LogP contribution >= 0.6 is 0 Å². The van der Waals surface area contributed by atoms with Gasteiger partial charge in [0.25, 0.3) is 10.8 Å². The third-order valence-electron chi connectivity index (χ3n) is 1.91. The maximum atomic E-state index is 11.6. The predicted octanol–water partition coefficient (Wildman–Crippen LogP) is -0.644. The summed E-state index contributed by atoms with van der Waals surface area (Å²) in [6, 6.07) is -0.843. The molecule has 8 heteroatoms. The number of nitrogens with one attached hydrogen (secondary N) is 1. The van der Waals surface area contributed by atoms with Crippen LogP contribution in [0.4, 0.5) is 4.79 Å². The normalized spacial score (nSPS) is 16.3. The summed E-state index contributed by atoms with van der Waals surface area (Å²) in [6.07, 6.45) is 2.27. The van der Waals surface area contributed by atoms with Crippen LogP contribution in [-0.2, 0) is 17.9 Å². The van der Waals surface area contributed by atoms with Crippen LogP contribution in [-0.4, -0.2) is 27.0 Å². The van der Waals surface area contributed by atoms with E-state index in [0.717, 1.165) is 13.0 Å². The van der Waals surface area contributed by atoms with Gasteiger partial charge in [0, 0.05) is 13.0 Å². The molecule has 82 valence electrons. The first-order valence-corrected chi connectivity index (χ1v) is 5.50. The van der Waals surface area contributed by atoms with E-state index in [9.17, 15) is 9.35 Å². The Bertz CT molecular complexity index is 380. The molecule has 1 unspecified atom stereocenters. The zero-order valence-electron chi connectivity index (χ0n) is 7.80. The number of urea groups is 1. The Morgan fingerprint density at radius 3 is 3.33 bits per heavy atom. The number of fused-ring (bicyclic) bond motifs is 1. The number of hydrogen-bond acceptors (Lipinski definition) is 4. The van der Waals surface area contributed by atoms with Crippen LogP contribution in [0.3, 0.4) is 0 Å². The molecule has 2 amide bonds. The number of hydrogen-bond donors (Lipinski definition) is 2. The lowest BCUT2D eigenvalue weighted by Crippen LogP contribution is -2.35. The van der Waals surface area contributed by atoms with Gasteiger partial charge < -0.3 is 15.0 Å². The molecule has 15 heavy (non-hydrogen) atoms. The van der Waals surface area contributed by atoms with Gasteiger partial charge in [-0.05, 0) is 0 Å². The van der Waals surface area contributed by atoms with Crippen LogP contribution in [0.1, 0.15) is 6.42 Å². The molecular weight excluding hydrogens is 220 g/mol. The summed E-state index contributed by atoms with van der Waals surface area (Å²) in [5, 5.41) is 3.99. The quantitative estimate of drug-likeness (QED) is 0.659. The van der Waals surface area contributed by atoms with Crippen molar-refractivity contribution in [2.24, 2.45) is 5.73 Å². The van der Waals surface area contributed by atoms with Crippen molar-refractivity contribution in [1.82, 2.24) is 14.5 Å². The molecule has 2 heterocycles. The maximum Gasteiger partial charge on any atom is 0.353 e. The summed E-state index contributed by atoms with van der Waals surface area (Å²) in [5.74, 6) is 0.438. The highest BCUT2D eigenvalue weighted by molar-refractivity contribution is 7.90. The van der Waals surface area contributed by atoms with E-state index in [1.165, 1.54) is 6.20 Å². The Kier molecular flexibility index (Phi) is 2.69. The van der Waals surface area contributed by atoms with Crippen molar-refractivity contribution >= 4 is 17.4 Å². The fourth-order valence-corrected chi connectivity index (χ4v) is 2.08. The molecular formula is C7H10N4O3S. The van der Waals surface area contributed by atoms with E-state index in [-0.39, 0.29) is 0 Å². The van der Waals surface area contributed by atoms with Crippen molar-refractivity contribution in [3.8, 4) is 5.88 Å². The average Bonchev–Trinajstić information content (AvgIpc) is 2.59. The minimum atomic E-state index is -1.70. The molecule has 2 rings (SSSR count). The van der Waals surface area contributed by atoms with Gasteiger partial charge in [-0.1, -0.05) is 0 Å². The van der Waals surface area contributed by atoms with E-state index in [1.54, 1.807) is 4.68 Å². The monoisotopic (exact) mass is 230 g/mol. The number of aryl methyl sites for hydroxylation is 1. The molecule has 0 fully saturated rings. The van der Waals surface area contributed by atoms with E-state index < -0.39 is 17.4 Å². The molecule has 0 bridgehead atoms. The molecule has 1 atom stereocenters. The molecule has 0 aliphatic carbocycles. The lowest BCUT2D eigenvalue weighted by atomic mass is 10.4. The summed E-state index contributed by atoms with van der Waals surface area (Å²) in [6.45, 7) is 1.29. The van der Waals surface area contributed by atoms with E-state index in [2.05, 4.69) is 9.82 Å². The number of ether oxygens (including phenoxy) is 1. The molecule has 0 saturated carbocycles. The summed E-state index contributed by atoms with van der Waals surface area (Å²) in [4.78, 5) is 10.9. The number of amides is 2. The minimum absolute atomic E-state index is 0.341. The second-order valence-corrected chi connectivity index (χ2v) is 4.16. The van der Waals surface area contributed by atoms with Gasteiger partial charge in [0.1, 0.15) is 17.6 Å². The molecule has 0 radical (unpaired) electrons. The van der Waals surface area contributed by atoms with Crippen molar-refractivity contribution in [3.63, 3.8) is 0 Å². The predicted molar refractivity (Wildman–Crippen MR) is 51.5 cm³/mol. The van der Waals surface area contributed by atoms with Gasteiger partial charge in [0.15, 0.2) is 0 Å². The van der Waals surface area contributed by atoms with Gasteiger partial charge >= 0.3 is 6.03 Å². The third-order valence-corrected chi connectivity index (χ3v) is 2.97. The van der Waals surface area contributed by atoms with Gasteiger partial charge in [-0.3, -0.25) is 0 Å². The smallest absolute Gasteiger partial charge is 0.353 e. The highest BCUT2D eigenvalue weighted by Gasteiger charge is 2.27. The highest BCUT2D eigenvalue weighted by atomic mass is 32.2. The van der Waals surface area contributed by atoms with E-state index >= 15 is 0 Å². The zero-order valence-corrected chi connectivity index (χ0v) is 8.62. The number of nitrogens with zero attached hydrogens (tertiary/aromatic N) is 2. The Morgan fingerprint density at radius 2 is 2.60 bits per heavy atom. The molecule has 1 aliphatic rings. The summed E-state index contributed by atoms with van der Waals surface area (Å²) in [5.41, 5.74) is 4.86. The highest BCUT2D eigenvalue weighted by Crippen LogP contribution is 2.26. The fraction of sp³-hybridized carbons (Fsp3) is 0.429. The third kappa shape index (κ3) is 2.00. The van der Waals surface area contributed by atoms with Gasteiger partial charge in [0.05, 0.1) is 6.61 Å². The molecule has 3 N–H and O–H groups in total. The minimum Gasteiger partial charge on any atom is -0.588 e. The summed E-state index contributed by atoms with van der Waals surface area (Å²) in [7, 11) is 0. The number of aromatic nitrogens is 2. The van der Waals surface area contributed by atoms with Crippen LogP contribution < -0.4 is 15.2 Å². The van der Waals surface area contributed by atoms with Gasteiger partial charge in [0.2, 0.25) is 0 Å². The number of carbonyl (C=O) groups is 1. The van der Waals surface area contributed by atoms with Gasteiger partial charge in [-0.15, -0.1) is 4.72 Å². The molecule has 0 spiro atoms. The van der Waals surface area contributed by atoms with Crippen molar-refractivity contribution in [1.29, 1.82) is 0 Å². The van der Waals surface area contributed by atoms with E-state index in [4.69, 9.17) is 10.5 Å². The van der Waals surface area contributed by atoms with Crippen LogP contribution in [0.5, 0.6) is 5.88 Å². The first kappa shape index (κ1) is 10.1. The summed E-state index contributed by atoms with van der Waals surface area (Å²) >= 11 is -1.70. The molecule has 7 nitrogen and oxygen atoms in total. The molecule has 1 aromatic heterocycles. The lowest BCUT2D eigenvalue weighted by molar-refractivity contribution is 0.224. The topological polar surface area (TPSA) is 105 Å². The second kappa shape index (κ2) is 3.99. The molecule has 0 saturated heterocycles. The molecule has 0 aromatic carbocycles. The van der Waals surface area contributed by atoms with Gasteiger partial charge in [-0.25, -0.2) is 9.48 Å². The van der Waals surface area contributed by atoms with E-state index in [0.29, 0.717) is 17.4 Å². The fourth-order valence-electron chi connectivity index (χ4n) is 1.32. The van der Waals surface area contributed by atoms with Crippen LogP contribution in [0.25, 0.3) is 0 Å². The standard InChI is InChI=1S/C7H10N4O3S/c8-7(12)10-15(13)5-4-9-11-2-1-3-14-6(5)11/h4H,1-3H2,(H3,8,10,12). The maximum absolute atomic E-state index is 11.6. The van der Waals surface area contributed by atoms with Crippen molar-refractivity contribution in [2.75, 3.05) is 6.61 Å². The van der Waals surface area contributed by atoms with Crippen LogP contribution in [0.15, 0.2) is 11.1 Å².